The van der Waals surface area contributed by atoms with E-state index in [-0.39, 0.29) is 0 Å². The summed E-state index contributed by atoms with van der Waals surface area (Å²) in [5.41, 5.74) is 2.27. The Balaban J connectivity index is 0. The molecule has 0 aliphatic rings. The van der Waals surface area contributed by atoms with Crippen LogP contribution >= 0.6 is 0 Å². The van der Waals surface area contributed by atoms with E-state index in [2.05, 4.69) is 26.3 Å². The van der Waals surface area contributed by atoms with Gasteiger partial charge in [-0.2, -0.15) is 0 Å². The molecular formula is C14H20. The summed E-state index contributed by atoms with van der Waals surface area (Å²) in [4.78, 5) is 0. The molecule has 0 unspecified atom stereocenters. The van der Waals surface area contributed by atoms with Crippen molar-refractivity contribution in [3.05, 3.63) is 61.7 Å². The average Bonchev–Trinajstić information content (AvgIpc) is 2.34. The van der Waals surface area contributed by atoms with Crippen molar-refractivity contribution in [1.29, 1.82) is 0 Å². The van der Waals surface area contributed by atoms with Crippen LogP contribution in [0.15, 0.2) is 50.6 Å². The number of rotatable bonds is 2. The minimum Gasteiger partial charge on any atom is -0.106 e. The van der Waals surface area contributed by atoms with Gasteiger partial charge in [-0.25, -0.2) is 0 Å². The highest BCUT2D eigenvalue weighted by Gasteiger charge is 1.89. The summed E-state index contributed by atoms with van der Waals surface area (Å²) in [6, 6.07) is 8.02. The van der Waals surface area contributed by atoms with Crippen molar-refractivity contribution < 1.29 is 0 Å². The van der Waals surface area contributed by atoms with Gasteiger partial charge in [-0.15, -0.1) is 13.2 Å². The number of hydrogen-bond donors (Lipinski definition) is 0. The summed E-state index contributed by atoms with van der Waals surface area (Å²) < 4.78 is 0. The maximum Gasteiger partial charge on any atom is -0.0190 e. The van der Waals surface area contributed by atoms with Gasteiger partial charge in [0.15, 0.2) is 0 Å². The van der Waals surface area contributed by atoms with E-state index in [1.54, 1.807) is 0 Å². The quantitative estimate of drug-likeness (QED) is 0.585. The minimum atomic E-state index is 1.14. The molecule has 0 nitrogen and oxygen atoms in total. The molecule has 0 saturated heterocycles. The Kier molecular flexibility index (Phi) is 12.2. The lowest BCUT2D eigenvalue weighted by atomic mass is 10.1. The van der Waals surface area contributed by atoms with Crippen LogP contribution in [0.5, 0.6) is 0 Å². The Morgan fingerprint density at radius 1 is 0.857 bits per heavy atom. The molecule has 0 radical (unpaired) electrons. The highest BCUT2D eigenvalue weighted by molar-refractivity contribution is 5.63. The Bertz CT molecular complexity index is 231. The molecule has 0 amide bonds. The Labute approximate surface area is 88.3 Å². The van der Waals surface area contributed by atoms with Crippen LogP contribution in [0, 0.1) is 0 Å². The van der Waals surface area contributed by atoms with Crippen LogP contribution in [-0.4, -0.2) is 0 Å². The molecule has 14 heavy (non-hydrogen) atoms. The zero-order valence-electron chi connectivity index (χ0n) is 9.29. The zero-order chi connectivity index (χ0) is 11.4. The van der Waals surface area contributed by atoms with E-state index in [1.807, 2.05) is 50.3 Å². The third-order valence-corrected chi connectivity index (χ3v) is 1.44. The van der Waals surface area contributed by atoms with Crippen molar-refractivity contribution in [1.82, 2.24) is 0 Å². The Morgan fingerprint density at radius 2 is 1.14 bits per heavy atom. The maximum atomic E-state index is 3.69. The fraction of sp³-hybridized carbons (Fsp3) is 0.143. The van der Waals surface area contributed by atoms with Gasteiger partial charge in [0, 0.05) is 0 Å². The van der Waals surface area contributed by atoms with Crippen molar-refractivity contribution in [2.24, 2.45) is 0 Å². The maximum absolute atomic E-state index is 3.69. The van der Waals surface area contributed by atoms with Crippen LogP contribution in [0.25, 0.3) is 12.2 Å². The number of hydrogen-bond acceptors (Lipinski definition) is 0. The van der Waals surface area contributed by atoms with E-state index in [9.17, 15) is 0 Å². The molecule has 76 valence electrons. The summed E-state index contributed by atoms with van der Waals surface area (Å²) in [5.74, 6) is 0. The molecule has 0 heteroatoms. The van der Waals surface area contributed by atoms with E-state index in [0.29, 0.717) is 0 Å². The minimum absolute atomic E-state index is 1.14. The van der Waals surface area contributed by atoms with Crippen LogP contribution in [0.1, 0.15) is 25.0 Å². The van der Waals surface area contributed by atoms with Gasteiger partial charge in [0.1, 0.15) is 0 Å². The third-order valence-electron chi connectivity index (χ3n) is 1.44. The highest BCUT2D eigenvalue weighted by atomic mass is 13.9. The fourth-order valence-electron chi connectivity index (χ4n) is 0.883. The smallest absolute Gasteiger partial charge is 0.0190 e. The SMILES string of the molecule is C=C.C=Cc1ccccc1C=C.CC. The molecule has 0 N–H and O–H groups in total. The van der Waals surface area contributed by atoms with Crippen LogP contribution in [0.4, 0.5) is 0 Å². The second kappa shape index (κ2) is 11.4. The van der Waals surface area contributed by atoms with Gasteiger partial charge in [-0.1, -0.05) is 63.4 Å². The van der Waals surface area contributed by atoms with Crippen LogP contribution < -0.4 is 0 Å². The standard InChI is InChI=1S/C10H10.C2H6.C2H4/c1-3-9-7-5-6-8-10(9)4-2;2*1-2/h3-8H,1-2H2;1-2H3;1-2H2. The monoisotopic (exact) mass is 188 g/mol. The molecule has 0 fully saturated rings. The Hall–Kier alpha value is -1.56. The summed E-state index contributed by atoms with van der Waals surface area (Å²) in [5, 5.41) is 0. The molecule has 1 rings (SSSR count). The van der Waals surface area contributed by atoms with E-state index in [0.717, 1.165) is 11.1 Å². The van der Waals surface area contributed by atoms with Crippen LogP contribution in [-0.2, 0) is 0 Å². The summed E-state index contributed by atoms with van der Waals surface area (Å²) >= 11 is 0. The molecule has 0 aliphatic carbocycles. The fourth-order valence-corrected chi connectivity index (χ4v) is 0.883. The summed E-state index contributed by atoms with van der Waals surface area (Å²) in [7, 11) is 0. The first-order chi connectivity index (χ1) is 6.88. The lowest BCUT2D eigenvalue weighted by molar-refractivity contribution is 1.50. The van der Waals surface area contributed by atoms with Crippen molar-refractivity contribution in [2.75, 3.05) is 0 Å². The molecule has 1 aromatic rings. The van der Waals surface area contributed by atoms with Crippen LogP contribution in [0.2, 0.25) is 0 Å². The molecule has 0 spiro atoms. The van der Waals surface area contributed by atoms with E-state index >= 15 is 0 Å². The second-order valence-corrected chi connectivity index (χ2v) is 2.04. The second-order valence-electron chi connectivity index (χ2n) is 2.04. The molecule has 0 saturated carbocycles. The molecule has 0 heterocycles. The lowest BCUT2D eigenvalue weighted by Crippen LogP contribution is -1.76. The van der Waals surface area contributed by atoms with E-state index < -0.39 is 0 Å². The van der Waals surface area contributed by atoms with Crippen LogP contribution in [0.3, 0.4) is 0 Å². The first-order valence-corrected chi connectivity index (χ1v) is 4.72. The van der Waals surface area contributed by atoms with Gasteiger partial charge < -0.3 is 0 Å². The van der Waals surface area contributed by atoms with Gasteiger partial charge in [0.05, 0.1) is 0 Å². The van der Waals surface area contributed by atoms with Crippen molar-refractivity contribution in [2.45, 2.75) is 13.8 Å². The van der Waals surface area contributed by atoms with Gasteiger partial charge in [-0.3, -0.25) is 0 Å². The zero-order valence-corrected chi connectivity index (χ0v) is 9.29. The molecule has 0 aromatic heterocycles. The predicted molar refractivity (Wildman–Crippen MR) is 69.2 cm³/mol. The normalized spacial score (nSPS) is 7.00. The molecule has 0 atom stereocenters. The Morgan fingerprint density at radius 3 is 1.36 bits per heavy atom. The van der Waals surface area contributed by atoms with Gasteiger partial charge >= 0.3 is 0 Å². The highest BCUT2D eigenvalue weighted by Crippen LogP contribution is 2.10. The first-order valence-electron chi connectivity index (χ1n) is 4.72. The molecule has 0 aliphatic heterocycles. The van der Waals surface area contributed by atoms with Gasteiger partial charge in [-0.05, 0) is 11.1 Å². The van der Waals surface area contributed by atoms with Gasteiger partial charge in [0.2, 0.25) is 0 Å². The van der Waals surface area contributed by atoms with E-state index in [1.165, 1.54) is 0 Å². The first kappa shape index (κ1) is 14.9. The lowest BCUT2D eigenvalue weighted by Gasteiger charge is -1.96. The summed E-state index contributed by atoms with van der Waals surface area (Å²) in [6.45, 7) is 17.4. The average molecular weight is 188 g/mol. The predicted octanol–water partition coefficient (Wildman–Crippen LogP) is 4.80. The number of benzene rings is 1. The van der Waals surface area contributed by atoms with Crippen molar-refractivity contribution in [3.63, 3.8) is 0 Å². The molecular weight excluding hydrogens is 168 g/mol. The van der Waals surface area contributed by atoms with Crippen molar-refractivity contribution in [3.8, 4) is 0 Å². The molecule has 1 aromatic carbocycles. The summed E-state index contributed by atoms with van der Waals surface area (Å²) in [6.07, 6.45) is 3.66. The van der Waals surface area contributed by atoms with Crippen molar-refractivity contribution >= 4 is 12.2 Å². The topological polar surface area (TPSA) is 0 Å². The largest absolute Gasteiger partial charge is 0.106 e. The van der Waals surface area contributed by atoms with Gasteiger partial charge in [0.25, 0.3) is 0 Å². The molecule has 0 bridgehead atoms. The van der Waals surface area contributed by atoms with E-state index in [4.69, 9.17) is 0 Å². The third kappa shape index (κ3) is 5.15.